The zero-order valence-corrected chi connectivity index (χ0v) is 16.0. The number of ether oxygens (including phenoxy) is 2. The van der Waals surface area contributed by atoms with Crippen LogP contribution >= 0.6 is 0 Å². The fourth-order valence-corrected chi connectivity index (χ4v) is 4.01. The van der Waals surface area contributed by atoms with Gasteiger partial charge in [-0.25, -0.2) is 13.2 Å². The molecule has 1 atom stereocenters. The van der Waals surface area contributed by atoms with Crippen molar-refractivity contribution in [3.05, 3.63) is 76.7 Å². The Labute approximate surface area is 171 Å². The van der Waals surface area contributed by atoms with E-state index in [0.717, 1.165) is 41.2 Å². The summed E-state index contributed by atoms with van der Waals surface area (Å²) in [7, 11) is 0. The summed E-state index contributed by atoms with van der Waals surface area (Å²) in [6.07, 6.45) is 0.679. The highest BCUT2D eigenvalue weighted by atomic mass is 19.2. The fourth-order valence-electron chi connectivity index (χ4n) is 4.01. The second-order valence-electron chi connectivity index (χ2n) is 7.41. The van der Waals surface area contributed by atoms with Gasteiger partial charge in [-0.1, -0.05) is 12.1 Å². The molecule has 7 heteroatoms. The van der Waals surface area contributed by atoms with Crippen LogP contribution in [0.25, 0.3) is 16.8 Å². The van der Waals surface area contributed by atoms with Gasteiger partial charge in [-0.3, -0.25) is 0 Å². The maximum atomic E-state index is 14.3. The molecule has 4 nitrogen and oxygen atoms in total. The van der Waals surface area contributed by atoms with Crippen molar-refractivity contribution in [2.24, 2.45) is 5.73 Å². The number of morpholine rings is 1. The molecule has 1 saturated heterocycles. The zero-order chi connectivity index (χ0) is 20.8. The predicted molar refractivity (Wildman–Crippen MR) is 109 cm³/mol. The molecule has 3 aromatic rings. The number of nitrogens with zero attached hydrogens (tertiary/aromatic N) is 1. The third-order valence-electron chi connectivity index (χ3n) is 5.56. The molecule has 154 valence electrons. The normalized spacial score (nSPS) is 18.7. The van der Waals surface area contributed by atoms with Gasteiger partial charge in [-0.05, 0) is 41.1 Å². The fraction of sp³-hybridized carbons (Fsp3) is 0.217. The van der Waals surface area contributed by atoms with Gasteiger partial charge in [-0.2, -0.15) is 0 Å². The Morgan fingerprint density at radius 3 is 2.47 bits per heavy atom. The van der Waals surface area contributed by atoms with E-state index < -0.39 is 23.6 Å². The Morgan fingerprint density at radius 2 is 1.67 bits per heavy atom. The maximum Gasteiger partial charge on any atom is 0.166 e. The van der Waals surface area contributed by atoms with Gasteiger partial charge < -0.3 is 20.1 Å². The second-order valence-corrected chi connectivity index (χ2v) is 7.41. The molecule has 0 aromatic heterocycles. The van der Waals surface area contributed by atoms with Crippen molar-refractivity contribution in [2.45, 2.75) is 6.10 Å². The van der Waals surface area contributed by atoms with Crippen molar-refractivity contribution < 1.29 is 22.6 Å². The van der Waals surface area contributed by atoms with Crippen LogP contribution in [0, 0.1) is 17.5 Å². The van der Waals surface area contributed by atoms with Crippen LogP contribution in [0.15, 0.2) is 48.2 Å². The summed E-state index contributed by atoms with van der Waals surface area (Å²) >= 11 is 0. The van der Waals surface area contributed by atoms with Gasteiger partial charge in [0.15, 0.2) is 17.7 Å². The highest BCUT2D eigenvalue weighted by Gasteiger charge is 2.28. The molecule has 3 aromatic carbocycles. The van der Waals surface area contributed by atoms with E-state index in [1.165, 1.54) is 0 Å². The van der Waals surface area contributed by atoms with Crippen molar-refractivity contribution in [1.82, 2.24) is 0 Å². The average Bonchev–Trinajstić information content (AvgIpc) is 2.76. The molecule has 0 aliphatic carbocycles. The number of hydrogen-bond donors (Lipinski definition) is 1. The minimum absolute atomic E-state index is 0.143. The molecule has 2 aliphatic rings. The lowest BCUT2D eigenvalue weighted by Crippen LogP contribution is -2.36. The van der Waals surface area contributed by atoms with E-state index in [4.69, 9.17) is 15.2 Å². The largest absolute Gasteiger partial charge is 0.479 e. The lowest BCUT2D eigenvalue weighted by Gasteiger charge is -2.29. The van der Waals surface area contributed by atoms with E-state index in [9.17, 15) is 13.2 Å². The van der Waals surface area contributed by atoms with E-state index in [-0.39, 0.29) is 11.3 Å². The third kappa shape index (κ3) is 3.15. The van der Waals surface area contributed by atoms with Gasteiger partial charge in [0.2, 0.25) is 0 Å². The highest BCUT2D eigenvalue weighted by molar-refractivity contribution is 5.96. The molecule has 1 unspecified atom stereocenters. The number of benzene rings is 3. The van der Waals surface area contributed by atoms with Gasteiger partial charge >= 0.3 is 0 Å². The Morgan fingerprint density at radius 1 is 0.900 bits per heavy atom. The number of rotatable bonds is 2. The molecule has 0 spiro atoms. The smallest absolute Gasteiger partial charge is 0.166 e. The van der Waals surface area contributed by atoms with E-state index in [1.807, 2.05) is 18.2 Å². The van der Waals surface area contributed by atoms with Crippen LogP contribution in [0.1, 0.15) is 17.2 Å². The van der Waals surface area contributed by atoms with E-state index in [0.29, 0.717) is 25.0 Å². The van der Waals surface area contributed by atoms with Crippen molar-refractivity contribution >= 4 is 22.5 Å². The van der Waals surface area contributed by atoms with Crippen molar-refractivity contribution in [2.75, 3.05) is 31.2 Å². The standard InChI is InChI=1S/C23H19F3N2O2/c24-18-12-20(26)19(25)10-17(18)23-21(27)11-16-15-3-2-14(28-5-7-29-8-6-28)9-13(15)1-4-22(16)30-23/h1-4,9-12,23H,5-8,27H2. The molecule has 30 heavy (non-hydrogen) atoms. The summed E-state index contributed by atoms with van der Waals surface area (Å²) in [5, 5.41) is 1.96. The molecule has 2 heterocycles. The summed E-state index contributed by atoms with van der Waals surface area (Å²) in [5.74, 6) is -2.81. The summed E-state index contributed by atoms with van der Waals surface area (Å²) < 4.78 is 52.5. The van der Waals surface area contributed by atoms with Crippen molar-refractivity contribution in [3.63, 3.8) is 0 Å². The lowest BCUT2D eigenvalue weighted by molar-refractivity contribution is 0.122. The zero-order valence-electron chi connectivity index (χ0n) is 16.0. The second kappa shape index (κ2) is 7.25. The highest BCUT2D eigenvalue weighted by Crippen LogP contribution is 2.40. The summed E-state index contributed by atoms with van der Waals surface area (Å²) in [6, 6.07) is 11.2. The Balaban J connectivity index is 1.53. The molecule has 0 bridgehead atoms. The van der Waals surface area contributed by atoms with Crippen LogP contribution in [-0.4, -0.2) is 26.3 Å². The number of fused-ring (bicyclic) bond motifs is 3. The number of anilines is 1. The summed E-state index contributed by atoms with van der Waals surface area (Å²) in [4.78, 5) is 2.27. The van der Waals surface area contributed by atoms with Gasteiger partial charge in [0.1, 0.15) is 11.6 Å². The topological polar surface area (TPSA) is 47.7 Å². The van der Waals surface area contributed by atoms with Crippen LogP contribution in [0.4, 0.5) is 18.9 Å². The van der Waals surface area contributed by atoms with Gasteiger partial charge in [-0.15, -0.1) is 0 Å². The Bertz CT molecular complexity index is 1170. The number of hydrogen-bond acceptors (Lipinski definition) is 4. The first-order valence-electron chi connectivity index (χ1n) is 9.69. The first-order chi connectivity index (χ1) is 14.5. The first-order valence-corrected chi connectivity index (χ1v) is 9.69. The molecule has 0 amide bonds. The van der Waals surface area contributed by atoms with Crippen LogP contribution in [0.2, 0.25) is 0 Å². The monoisotopic (exact) mass is 412 g/mol. The van der Waals surface area contributed by atoms with Crippen molar-refractivity contribution in [1.29, 1.82) is 0 Å². The van der Waals surface area contributed by atoms with E-state index in [1.54, 1.807) is 12.1 Å². The molecule has 1 fully saturated rings. The van der Waals surface area contributed by atoms with Crippen LogP contribution in [0.3, 0.4) is 0 Å². The van der Waals surface area contributed by atoms with Gasteiger partial charge in [0.05, 0.1) is 18.9 Å². The minimum Gasteiger partial charge on any atom is -0.479 e. The SMILES string of the molecule is NC1=Cc2c(ccc3cc(N4CCOCC4)ccc23)OC1c1cc(F)c(F)cc1F. The molecule has 5 rings (SSSR count). The maximum absolute atomic E-state index is 14.3. The third-order valence-corrected chi connectivity index (χ3v) is 5.56. The van der Waals surface area contributed by atoms with Gasteiger partial charge in [0, 0.05) is 36.0 Å². The van der Waals surface area contributed by atoms with Crippen LogP contribution in [-0.2, 0) is 4.74 Å². The Hall–Kier alpha value is -3.19. The molecule has 0 saturated carbocycles. The summed E-state index contributed by atoms with van der Waals surface area (Å²) in [6.45, 7) is 3.09. The number of nitrogens with two attached hydrogens (primary N) is 1. The van der Waals surface area contributed by atoms with Crippen LogP contribution < -0.4 is 15.4 Å². The predicted octanol–water partition coefficient (Wildman–Crippen LogP) is 4.53. The average molecular weight is 412 g/mol. The van der Waals surface area contributed by atoms with Crippen LogP contribution in [0.5, 0.6) is 5.75 Å². The van der Waals surface area contributed by atoms with Crippen molar-refractivity contribution in [3.8, 4) is 5.75 Å². The molecule has 2 N–H and O–H groups in total. The van der Waals surface area contributed by atoms with Gasteiger partial charge in [0.25, 0.3) is 0 Å². The molecule has 2 aliphatic heterocycles. The number of halogens is 3. The first kappa shape index (κ1) is 18.8. The molecule has 0 radical (unpaired) electrons. The molecular weight excluding hydrogens is 393 g/mol. The summed E-state index contributed by atoms with van der Waals surface area (Å²) in [5.41, 5.74) is 8.12. The lowest BCUT2D eigenvalue weighted by atomic mass is 9.96. The molecular formula is C23H19F3N2O2. The van der Waals surface area contributed by atoms with E-state index in [2.05, 4.69) is 11.0 Å². The quantitative estimate of drug-likeness (QED) is 0.629. The Kier molecular flexibility index (Phi) is 4.55. The minimum atomic E-state index is -1.25. The van der Waals surface area contributed by atoms with E-state index >= 15 is 0 Å².